The van der Waals surface area contributed by atoms with Gasteiger partial charge < -0.3 is 9.80 Å². The molecule has 132 valence electrons. The molecule has 1 aliphatic rings. The molecule has 0 atom stereocenters. The molecule has 0 spiro atoms. The van der Waals surface area contributed by atoms with Crippen LogP contribution in [0, 0.1) is 5.82 Å². The summed E-state index contributed by atoms with van der Waals surface area (Å²) in [5, 5.41) is 0. The molecule has 0 aromatic heterocycles. The molecule has 0 bridgehead atoms. The van der Waals surface area contributed by atoms with Crippen molar-refractivity contribution in [2.24, 2.45) is 0 Å². The summed E-state index contributed by atoms with van der Waals surface area (Å²) in [6.07, 6.45) is 0. The third-order valence-corrected chi connectivity index (χ3v) is 5.47. The Hall–Kier alpha value is -2.12. The first-order valence-corrected chi connectivity index (χ1v) is 10.0. The summed E-state index contributed by atoms with van der Waals surface area (Å²) in [7, 11) is 1.44. The van der Waals surface area contributed by atoms with Crippen LogP contribution in [0.4, 0.5) is 10.1 Å². The Kier molecular flexibility index (Phi) is 4.96. The van der Waals surface area contributed by atoms with E-state index >= 15 is 0 Å². The summed E-state index contributed by atoms with van der Waals surface area (Å²) in [6, 6.07) is 12.2. The SMILES string of the molecule is O=C(c1cccc(S(=O)(=O)Cl)c1)N1CCN(c2ccccc2F)CC1. The van der Waals surface area contributed by atoms with Gasteiger partial charge >= 0.3 is 0 Å². The van der Waals surface area contributed by atoms with Crippen LogP contribution >= 0.6 is 10.7 Å². The van der Waals surface area contributed by atoms with Crippen molar-refractivity contribution in [2.45, 2.75) is 4.90 Å². The van der Waals surface area contributed by atoms with Crippen molar-refractivity contribution in [1.29, 1.82) is 0 Å². The van der Waals surface area contributed by atoms with Crippen molar-refractivity contribution in [3.63, 3.8) is 0 Å². The third kappa shape index (κ3) is 3.93. The first-order valence-electron chi connectivity index (χ1n) is 7.70. The normalized spacial score (nSPS) is 15.3. The van der Waals surface area contributed by atoms with E-state index in [1.165, 1.54) is 24.3 Å². The summed E-state index contributed by atoms with van der Waals surface area (Å²) in [5.74, 6) is -0.558. The second kappa shape index (κ2) is 7.01. The number of carbonyl (C=O) groups excluding carboxylic acids is 1. The van der Waals surface area contributed by atoms with Gasteiger partial charge in [0.1, 0.15) is 5.82 Å². The summed E-state index contributed by atoms with van der Waals surface area (Å²) >= 11 is 0. The van der Waals surface area contributed by atoms with Gasteiger partial charge in [-0.05, 0) is 30.3 Å². The molecule has 0 radical (unpaired) electrons. The highest BCUT2D eigenvalue weighted by Crippen LogP contribution is 2.22. The number of hydrogen-bond donors (Lipinski definition) is 0. The van der Waals surface area contributed by atoms with E-state index in [-0.39, 0.29) is 22.2 Å². The molecule has 1 aliphatic heterocycles. The lowest BCUT2D eigenvalue weighted by atomic mass is 10.1. The molecule has 8 heteroatoms. The lowest BCUT2D eigenvalue weighted by molar-refractivity contribution is 0.0746. The maximum Gasteiger partial charge on any atom is 0.261 e. The Labute approximate surface area is 150 Å². The molecule has 1 amide bonds. The smallest absolute Gasteiger partial charge is 0.261 e. The number of piperazine rings is 1. The highest BCUT2D eigenvalue weighted by Gasteiger charge is 2.24. The molecule has 25 heavy (non-hydrogen) atoms. The third-order valence-electron chi connectivity index (χ3n) is 4.12. The van der Waals surface area contributed by atoms with E-state index in [2.05, 4.69) is 0 Å². The van der Waals surface area contributed by atoms with Crippen LogP contribution in [-0.2, 0) is 9.05 Å². The Bertz CT molecular complexity index is 896. The molecule has 0 saturated carbocycles. The molecule has 1 fully saturated rings. The number of benzene rings is 2. The molecule has 0 N–H and O–H groups in total. The van der Waals surface area contributed by atoms with Crippen LogP contribution in [-0.4, -0.2) is 45.4 Å². The highest BCUT2D eigenvalue weighted by molar-refractivity contribution is 8.13. The van der Waals surface area contributed by atoms with E-state index in [1.807, 2.05) is 4.90 Å². The zero-order chi connectivity index (χ0) is 18.0. The molecule has 1 saturated heterocycles. The lowest BCUT2D eigenvalue weighted by Crippen LogP contribution is -2.49. The van der Waals surface area contributed by atoms with E-state index in [0.717, 1.165) is 0 Å². The topological polar surface area (TPSA) is 57.7 Å². The van der Waals surface area contributed by atoms with E-state index in [9.17, 15) is 17.6 Å². The van der Waals surface area contributed by atoms with Gasteiger partial charge in [0.15, 0.2) is 0 Å². The average Bonchev–Trinajstić information content (AvgIpc) is 2.61. The zero-order valence-corrected chi connectivity index (χ0v) is 14.8. The second-order valence-corrected chi connectivity index (χ2v) is 8.26. The number of para-hydroxylation sites is 1. The number of halogens is 2. The summed E-state index contributed by atoms with van der Waals surface area (Å²) in [4.78, 5) is 16.0. The molecule has 3 rings (SSSR count). The van der Waals surface area contributed by atoms with Crippen LogP contribution in [0.25, 0.3) is 0 Å². The average molecular weight is 383 g/mol. The minimum Gasteiger partial charge on any atom is -0.366 e. The van der Waals surface area contributed by atoms with Crippen molar-refractivity contribution in [3.05, 3.63) is 59.9 Å². The first kappa shape index (κ1) is 17.7. The Morgan fingerprint density at radius 1 is 1.00 bits per heavy atom. The molecule has 0 unspecified atom stereocenters. The molecule has 5 nitrogen and oxygen atoms in total. The van der Waals surface area contributed by atoms with Gasteiger partial charge in [0.05, 0.1) is 10.6 Å². The number of rotatable bonds is 3. The molecular formula is C17H16ClFN2O3S. The van der Waals surface area contributed by atoms with Crippen molar-refractivity contribution >= 4 is 31.3 Å². The maximum atomic E-state index is 13.9. The Balaban J connectivity index is 1.71. The van der Waals surface area contributed by atoms with Gasteiger partial charge in [-0.3, -0.25) is 4.79 Å². The number of anilines is 1. The lowest BCUT2D eigenvalue weighted by Gasteiger charge is -2.36. The molecule has 0 aliphatic carbocycles. The predicted molar refractivity (Wildman–Crippen MR) is 94.0 cm³/mol. The van der Waals surface area contributed by atoms with Crippen molar-refractivity contribution in [1.82, 2.24) is 4.90 Å². The van der Waals surface area contributed by atoms with Crippen LogP contribution in [0.5, 0.6) is 0 Å². The highest BCUT2D eigenvalue weighted by atomic mass is 35.7. The van der Waals surface area contributed by atoms with Gasteiger partial charge in [-0.1, -0.05) is 18.2 Å². The van der Waals surface area contributed by atoms with E-state index in [4.69, 9.17) is 10.7 Å². The van der Waals surface area contributed by atoms with Crippen molar-refractivity contribution in [3.8, 4) is 0 Å². The molecule has 2 aromatic rings. The quantitative estimate of drug-likeness (QED) is 0.766. The zero-order valence-electron chi connectivity index (χ0n) is 13.2. The van der Waals surface area contributed by atoms with Gasteiger partial charge in [-0.15, -0.1) is 0 Å². The van der Waals surface area contributed by atoms with Crippen LogP contribution in [0.15, 0.2) is 53.4 Å². The van der Waals surface area contributed by atoms with Gasteiger partial charge in [-0.25, -0.2) is 12.8 Å². The van der Waals surface area contributed by atoms with Gasteiger partial charge in [0, 0.05) is 42.4 Å². The van der Waals surface area contributed by atoms with Crippen LogP contribution in [0.1, 0.15) is 10.4 Å². The standard InChI is InChI=1S/C17H16ClFN2O3S/c18-25(23,24)14-5-3-4-13(12-14)17(22)21-10-8-20(9-11-21)16-7-2-1-6-15(16)19/h1-7,12H,8-11H2. The summed E-state index contributed by atoms with van der Waals surface area (Å²) in [5.41, 5.74) is 0.783. The Morgan fingerprint density at radius 2 is 1.68 bits per heavy atom. The molecular weight excluding hydrogens is 367 g/mol. The van der Waals surface area contributed by atoms with Crippen LogP contribution in [0.2, 0.25) is 0 Å². The minimum absolute atomic E-state index is 0.106. The summed E-state index contributed by atoms with van der Waals surface area (Å²) < 4.78 is 36.7. The Morgan fingerprint density at radius 3 is 2.32 bits per heavy atom. The monoisotopic (exact) mass is 382 g/mol. The fourth-order valence-corrected chi connectivity index (χ4v) is 3.62. The van der Waals surface area contributed by atoms with Crippen LogP contribution < -0.4 is 4.90 Å². The minimum atomic E-state index is -3.89. The largest absolute Gasteiger partial charge is 0.366 e. The van der Waals surface area contributed by atoms with E-state index in [1.54, 1.807) is 29.2 Å². The van der Waals surface area contributed by atoms with E-state index in [0.29, 0.717) is 31.9 Å². The van der Waals surface area contributed by atoms with Gasteiger partial charge in [-0.2, -0.15) is 0 Å². The number of nitrogens with zero attached hydrogens (tertiary/aromatic N) is 2. The molecule has 1 heterocycles. The fraction of sp³-hybridized carbons (Fsp3) is 0.235. The van der Waals surface area contributed by atoms with Gasteiger partial charge in [0.2, 0.25) is 0 Å². The number of carbonyl (C=O) groups is 1. The van der Waals surface area contributed by atoms with Gasteiger partial charge in [0.25, 0.3) is 15.0 Å². The van der Waals surface area contributed by atoms with Crippen molar-refractivity contribution in [2.75, 3.05) is 31.1 Å². The van der Waals surface area contributed by atoms with Crippen LogP contribution in [0.3, 0.4) is 0 Å². The number of hydrogen-bond acceptors (Lipinski definition) is 4. The van der Waals surface area contributed by atoms with E-state index < -0.39 is 9.05 Å². The first-order chi connectivity index (χ1) is 11.9. The number of amides is 1. The second-order valence-electron chi connectivity index (χ2n) is 5.70. The van der Waals surface area contributed by atoms with Crippen molar-refractivity contribution < 1.29 is 17.6 Å². The molecule has 2 aromatic carbocycles. The fourth-order valence-electron chi connectivity index (χ4n) is 2.82. The summed E-state index contributed by atoms with van der Waals surface area (Å²) in [6.45, 7) is 1.84. The predicted octanol–water partition coefficient (Wildman–Crippen LogP) is 2.72. The maximum absolute atomic E-state index is 13.9.